The minimum absolute atomic E-state index is 0.0162. The summed E-state index contributed by atoms with van der Waals surface area (Å²) in [6.07, 6.45) is 0.824. The first-order valence-electron chi connectivity index (χ1n) is 7.15. The van der Waals surface area contributed by atoms with Crippen molar-refractivity contribution in [3.05, 3.63) is 0 Å². The van der Waals surface area contributed by atoms with E-state index in [1.165, 1.54) is 0 Å². The van der Waals surface area contributed by atoms with Crippen molar-refractivity contribution in [3.8, 4) is 0 Å². The summed E-state index contributed by atoms with van der Waals surface area (Å²) >= 11 is 0. The lowest BCUT2D eigenvalue weighted by Crippen LogP contribution is -2.44. The third kappa shape index (κ3) is 7.30. The summed E-state index contributed by atoms with van der Waals surface area (Å²) in [7, 11) is 0. The van der Waals surface area contributed by atoms with Crippen LogP contribution in [-0.4, -0.2) is 67.9 Å². The topological polar surface area (TPSA) is 90.9 Å². The van der Waals surface area contributed by atoms with Gasteiger partial charge in [-0.3, -0.25) is 9.69 Å². The van der Waals surface area contributed by atoms with E-state index >= 15 is 0 Å². The van der Waals surface area contributed by atoms with E-state index in [4.69, 9.17) is 9.84 Å². The van der Waals surface area contributed by atoms with Crippen molar-refractivity contribution in [2.75, 3.05) is 45.9 Å². The minimum atomic E-state index is -0.827. The normalized spacial score (nSPS) is 17.4. The number of urea groups is 1. The molecule has 20 heavy (non-hydrogen) atoms. The van der Waals surface area contributed by atoms with Gasteiger partial charge in [-0.2, -0.15) is 0 Å². The Balaban J connectivity index is 2.08. The Labute approximate surface area is 119 Å². The first-order valence-corrected chi connectivity index (χ1v) is 7.15. The molecule has 1 heterocycles. The zero-order chi connectivity index (χ0) is 14.8. The predicted molar refractivity (Wildman–Crippen MR) is 74.7 cm³/mol. The van der Waals surface area contributed by atoms with Gasteiger partial charge < -0.3 is 20.5 Å². The number of carboxylic acid groups (broad SMARTS) is 1. The van der Waals surface area contributed by atoms with Crippen LogP contribution in [-0.2, 0) is 9.53 Å². The summed E-state index contributed by atoms with van der Waals surface area (Å²) in [6, 6.07) is -0.234. The van der Waals surface area contributed by atoms with E-state index in [2.05, 4.69) is 15.5 Å². The van der Waals surface area contributed by atoms with E-state index in [9.17, 15) is 9.59 Å². The highest BCUT2D eigenvalue weighted by Gasteiger charge is 2.13. The largest absolute Gasteiger partial charge is 0.481 e. The molecule has 0 aromatic heterocycles. The van der Waals surface area contributed by atoms with Crippen molar-refractivity contribution >= 4 is 12.0 Å². The molecule has 0 bridgehead atoms. The number of carbonyl (C=O) groups excluding carboxylic acids is 1. The molecule has 0 saturated carbocycles. The molecule has 1 saturated heterocycles. The fourth-order valence-electron chi connectivity index (χ4n) is 2.06. The zero-order valence-corrected chi connectivity index (χ0v) is 12.1. The standard InChI is InChI=1S/C13H25N3O4/c1-2-11(9-12(17)18)10-15-13(19)14-3-4-16-5-7-20-8-6-16/h11H,2-10H2,1H3,(H,17,18)(H2,14,15,19). The van der Waals surface area contributed by atoms with Crippen molar-refractivity contribution < 1.29 is 19.4 Å². The Morgan fingerprint density at radius 2 is 2.00 bits per heavy atom. The van der Waals surface area contributed by atoms with Gasteiger partial charge in [0.25, 0.3) is 0 Å². The van der Waals surface area contributed by atoms with Gasteiger partial charge in [-0.15, -0.1) is 0 Å². The zero-order valence-electron chi connectivity index (χ0n) is 12.1. The molecule has 1 unspecified atom stereocenters. The lowest BCUT2D eigenvalue weighted by atomic mass is 10.0. The molecule has 0 aliphatic carbocycles. The Bertz CT molecular complexity index is 306. The molecule has 1 rings (SSSR count). The number of ether oxygens (including phenoxy) is 1. The number of nitrogens with zero attached hydrogens (tertiary/aromatic N) is 1. The molecule has 0 aromatic rings. The van der Waals surface area contributed by atoms with Crippen LogP contribution in [0.5, 0.6) is 0 Å². The molecule has 0 radical (unpaired) electrons. The van der Waals surface area contributed by atoms with Gasteiger partial charge in [0.15, 0.2) is 0 Å². The maximum atomic E-state index is 11.6. The van der Waals surface area contributed by atoms with Gasteiger partial charge in [0.05, 0.1) is 13.2 Å². The SMILES string of the molecule is CCC(CNC(=O)NCCN1CCOCC1)CC(=O)O. The Hall–Kier alpha value is -1.34. The van der Waals surface area contributed by atoms with Crippen molar-refractivity contribution in [1.82, 2.24) is 15.5 Å². The average Bonchev–Trinajstić information content (AvgIpc) is 2.44. The van der Waals surface area contributed by atoms with E-state index in [1.54, 1.807) is 0 Å². The van der Waals surface area contributed by atoms with Gasteiger partial charge in [-0.25, -0.2) is 4.79 Å². The number of amides is 2. The van der Waals surface area contributed by atoms with Crippen LogP contribution in [0.4, 0.5) is 4.79 Å². The summed E-state index contributed by atoms with van der Waals surface area (Å²) in [4.78, 5) is 24.4. The summed E-state index contributed by atoms with van der Waals surface area (Å²) in [5.41, 5.74) is 0. The molecule has 7 heteroatoms. The van der Waals surface area contributed by atoms with Crippen LogP contribution in [0, 0.1) is 5.92 Å². The van der Waals surface area contributed by atoms with Crippen LogP contribution in [0.3, 0.4) is 0 Å². The molecule has 2 amide bonds. The lowest BCUT2D eigenvalue weighted by molar-refractivity contribution is -0.138. The molecule has 1 atom stereocenters. The molecule has 1 fully saturated rings. The quantitative estimate of drug-likeness (QED) is 0.590. The second-order valence-corrected chi connectivity index (χ2v) is 4.96. The van der Waals surface area contributed by atoms with Crippen LogP contribution in [0.1, 0.15) is 19.8 Å². The second-order valence-electron chi connectivity index (χ2n) is 4.96. The third-order valence-corrected chi connectivity index (χ3v) is 3.41. The lowest BCUT2D eigenvalue weighted by Gasteiger charge is -2.26. The highest BCUT2D eigenvalue weighted by Crippen LogP contribution is 2.06. The number of rotatable bonds is 8. The smallest absolute Gasteiger partial charge is 0.314 e. The van der Waals surface area contributed by atoms with Crippen LogP contribution < -0.4 is 10.6 Å². The highest BCUT2D eigenvalue weighted by molar-refractivity contribution is 5.74. The molecular weight excluding hydrogens is 262 g/mol. The maximum absolute atomic E-state index is 11.6. The van der Waals surface area contributed by atoms with E-state index in [0.717, 1.165) is 39.3 Å². The summed E-state index contributed by atoms with van der Waals surface area (Å²) in [5, 5.41) is 14.2. The summed E-state index contributed by atoms with van der Waals surface area (Å²) in [5.74, 6) is -0.844. The highest BCUT2D eigenvalue weighted by atomic mass is 16.5. The van der Waals surface area contributed by atoms with Crippen molar-refractivity contribution in [2.45, 2.75) is 19.8 Å². The number of carbonyl (C=O) groups is 2. The van der Waals surface area contributed by atoms with Gasteiger partial charge in [0.1, 0.15) is 0 Å². The molecular formula is C13H25N3O4. The molecule has 116 valence electrons. The van der Waals surface area contributed by atoms with Crippen molar-refractivity contribution in [3.63, 3.8) is 0 Å². The van der Waals surface area contributed by atoms with Gasteiger partial charge in [-0.05, 0) is 5.92 Å². The number of carboxylic acids is 1. The van der Waals surface area contributed by atoms with Crippen molar-refractivity contribution in [2.24, 2.45) is 5.92 Å². The third-order valence-electron chi connectivity index (χ3n) is 3.41. The fourth-order valence-corrected chi connectivity index (χ4v) is 2.06. The fraction of sp³-hybridized carbons (Fsp3) is 0.846. The Morgan fingerprint density at radius 3 is 2.60 bits per heavy atom. The van der Waals surface area contributed by atoms with E-state index in [-0.39, 0.29) is 18.4 Å². The maximum Gasteiger partial charge on any atom is 0.314 e. The average molecular weight is 287 g/mol. The molecule has 0 spiro atoms. The van der Waals surface area contributed by atoms with Gasteiger partial charge in [0, 0.05) is 39.1 Å². The predicted octanol–water partition coefficient (Wildman–Crippen LogP) is 0.119. The van der Waals surface area contributed by atoms with Gasteiger partial charge in [-0.1, -0.05) is 13.3 Å². The number of hydrogen-bond donors (Lipinski definition) is 3. The number of aliphatic carboxylic acids is 1. The van der Waals surface area contributed by atoms with Gasteiger partial charge in [0.2, 0.25) is 0 Å². The molecule has 7 nitrogen and oxygen atoms in total. The Morgan fingerprint density at radius 1 is 1.30 bits per heavy atom. The Kier molecular flexibility index (Phi) is 7.98. The van der Waals surface area contributed by atoms with E-state index in [1.807, 2.05) is 6.92 Å². The van der Waals surface area contributed by atoms with E-state index < -0.39 is 5.97 Å². The number of nitrogens with one attached hydrogen (secondary N) is 2. The van der Waals surface area contributed by atoms with Crippen LogP contribution in [0.2, 0.25) is 0 Å². The molecule has 3 N–H and O–H groups in total. The second kappa shape index (κ2) is 9.55. The number of morpholine rings is 1. The summed E-state index contributed by atoms with van der Waals surface area (Å²) < 4.78 is 5.25. The first-order chi connectivity index (χ1) is 9.61. The van der Waals surface area contributed by atoms with Crippen LogP contribution in [0.15, 0.2) is 0 Å². The minimum Gasteiger partial charge on any atom is -0.481 e. The molecule has 1 aliphatic heterocycles. The number of hydrogen-bond acceptors (Lipinski definition) is 4. The molecule has 1 aliphatic rings. The van der Waals surface area contributed by atoms with Crippen LogP contribution in [0.25, 0.3) is 0 Å². The first kappa shape index (κ1) is 16.7. The molecule has 0 aromatic carbocycles. The van der Waals surface area contributed by atoms with Gasteiger partial charge >= 0.3 is 12.0 Å². The van der Waals surface area contributed by atoms with E-state index in [0.29, 0.717) is 13.1 Å². The summed E-state index contributed by atoms with van der Waals surface area (Å²) in [6.45, 7) is 7.02. The van der Waals surface area contributed by atoms with Crippen LogP contribution >= 0.6 is 0 Å². The van der Waals surface area contributed by atoms with Crippen molar-refractivity contribution in [1.29, 1.82) is 0 Å². The monoisotopic (exact) mass is 287 g/mol.